The Morgan fingerprint density at radius 3 is 2.29 bits per heavy atom. The first-order valence-electron chi connectivity index (χ1n) is 5.77. The van der Waals surface area contributed by atoms with Crippen molar-refractivity contribution in [3.8, 4) is 0 Å². The van der Waals surface area contributed by atoms with E-state index in [4.69, 9.17) is 0 Å². The lowest BCUT2D eigenvalue weighted by Crippen LogP contribution is -2.44. The third-order valence-electron chi connectivity index (χ3n) is 3.48. The molecule has 0 amide bonds. The maximum absolute atomic E-state index is 12.5. The molecule has 0 aromatic heterocycles. The highest BCUT2D eigenvalue weighted by molar-refractivity contribution is 4.88. The van der Waals surface area contributed by atoms with Gasteiger partial charge in [0.1, 0.15) is 0 Å². The summed E-state index contributed by atoms with van der Waals surface area (Å²) in [6.07, 6.45) is 6.64. The van der Waals surface area contributed by atoms with Gasteiger partial charge in [-0.05, 0) is 25.3 Å². The van der Waals surface area contributed by atoms with Gasteiger partial charge in [0, 0.05) is 18.9 Å². The molecule has 82 valence electrons. The molecule has 1 N–H and O–H groups in total. The van der Waals surface area contributed by atoms with E-state index in [1.165, 1.54) is 32.1 Å². The number of alkyl halides is 2. The van der Waals surface area contributed by atoms with Gasteiger partial charge in [0.25, 0.3) is 0 Å². The van der Waals surface area contributed by atoms with Crippen molar-refractivity contribution in [3.05, 3.63) is 0 Å². The van der Waals surface area contributed by atoms with Crippen molar-refractivity contribution in [3.63, 3.8) is 0 Å². The van der Waals surface area contributed by atoms with Crippen molar-refractivity contribution in [2.24, 2.45) is 5.92 Å². The van der Waals surface area contributed by atoms with Crippen LogP contribution in [-0.2, 0) is 0 Å². The molecule has 0 aliphatic heterocycles. The van der Waals surface area contributed by atoms with Crippen LogP contribution in [0.5, 0.6) is 0 Å². The highest BCUT2D eigenvalue weighted by Crippen LogP contribution is 2.41. The number of hydrogen-bond acceptors (Lipinski definition) is 1. The van der Waals surface area contributed by atoms with Crippen LogP contribution in [0.1, 0.15) is 44.9 Å². The molecule has 14 heavy (non-hydrogen) atoms. The molecule has 2 saturated carbocycles. The Labute approximate surface area is 84.3 Å². The van der Waals surface area contributed by atoms with Gasteiger partial charge in [-0.25, -0.2) is 8.78 Å². The highest BCUT2D eigenvalue weighted by atomic mass is 19.3. The van der Waals surface area contributed by atoms with Crippen LogP contribution in [0.15, 0.2) is 0 Å². The molecule has 0 aromatic rings. The minimum absolute atomic E-state index is 0.104. The van der Waals surface area contributed by atoms with E-state index in [1.54, 1.807) is 0 Å². The fourth-order valence-electron chi connectivity index (χ4n) is 2.57. The summed E-state index contributed by atoms with van der Waals surface area (Å²) in [6, 6.07) is 0.609. The van der Waals surface area contributed by atoms with Crippen molar-refractivity contribution >= 4 is 0 Å². The highest BCUT2D eigenvalue weighted by Gasteiger charge is 2.44. The third kappa shape index (κ3) is 2.66. The Morgan fingerprint density at radius 1 is 1.07 bits per heavy atom. The van der Waals surface area contributed by atoms with Gasteiger partial charge in [-0.3, -0.25) is 0 Å². The monoisotopic (exact) mass is 203 g/mol. The standard InChI is InChI=1S/C11H19F2N/c12-11(13)6-9(7-11)8-14-10-4-2-1-3-5-10/h9-10,14H,1-8H2. The average molecular weight is 203 g/mol. The first-order chi connectivity index (χ1) is 6.66. The quantitative estimate of drug-likeness (QED) is 0.743. The molecule has 2 aliphatic rings. The number of halogens is 2. The molecule has 0 heterocycles. The zero-order valence-electron chi connectivity index (χ0n) is 8.57. The fourth-order valence-corrected chi connectivity index (χ4v) is 2.57. The first kappa shape index (κ1) is 10.3. The zero-order valence-corrected chi connectivity index (χ0v) is 8.57. The van der Waals surface area contributed by atoms with Gasteiger partial charge in [0.05, 0.1) is 0 Å². The van der Waals surface area contributed by atoms with E-state index < -0.39 is 5.92 Å². The number of nitrogens with one attached hydrogen (secondary N) is 1. The first-order valence-corrected chi connectivity index (χ1v) is 5.77. The van der Waals surface area contributed by atoms with Crippen LogP contribution < -0.4 is 5.32 Å². The normalized spacial score (nSPS) is 28.7. The van der Waals surface area contributed by atoms with Crippen LogP contribution in [0.25, 0.3) is 0 Å². The van der Waals surface area contributed by atoms with E-state index in [9.17, 15) is 8.78 Å². The molecule has 2 fully saturated rings. The van der Waals surface area contributed by atoms with Gasteiger partial charge in [-0.2, -0.15) is 0 Å². The molecule has 3 heteroatoms. The summed E-state index contributed by atoms with van der Waals surface area (Å²) in [4.78, 5) is 0. The van der Waals surface area contributed by atoms with Gasteiger partial charge in [-0.1, -0.05) is 19.3 Å². The molecule has 1 nitrogen and oxygen atoms in total. The van der Waals surface area contributed by atoms with Gasteiger partial charge in [-0.15, -0.1) is 0 Å². The molecular formula is C11H19F2N. The molecule has 0 atom stereocenters. The van der Waals surface area contributed by atoms with Crippen LogP contribution in [-0.4, -0.2) is 18.5 Å². The Hall–Kier alpha value is -0.180. The molecule has 0 unspecified atom stereocenters. The minimum Gasteiger partial charge on any atom is -0.314 e. The molecule has 0 saturated heterocycles. The molecular weight excluding hydrogens is 184 g/mol. The van der Waals surface area contributed by atoms with E-state index in [-0.39, 0.29) is 18.8 Å². The van der Waals surface area contributed by atoms with E-state index >= 15 is 0 Å². The summed E-state index contributed by atoms with van der Waals surface area (Å²) in [7, 11) is 0. The Kier molecular flexibility index (Phi) is 3.05. The van der Waals surface area contributed by atoms with Crippen molar-refractivity contribution in [1.82, 2.24) is 5.32 Å². The number of hydrogen-bond donors (Lipinski definition) is 1. The summed E-state index contributed by atoms with van der Waals surface area (Å²) < 4.78 is 25.1. The molecule has 0 spiro atoms. The lowest BCUT2D eigenvalue weighted by atomic mass is 9.81. The van der Waals surface area contributed by atoms with Crippen molar-refractivity contribution in [2.75, 3.05) is 6.54 Å². The largest absolute Gasteiger partial charge is 0.314 e. The minimum atomic E-state index is -2.35. The van der Waals surface area contributed by atoms with Gasteiger partial charge < -0.3 is 5.32 Å². The molecule has 0 bridgehead atoms. The summed E-state index contributed by atoms with van der Waals surface area (Å²) in [5.41, 5.74) is 0. The van der Waals surface area contributed by atoms with Crippen LogP contribution in [0, 0.1) is 5.92 Å². The van der Waals surface area contributed by atoms with Crippen LogP contribution in [0.2, 0.25) is 0 Å². The Bertz CT molecular complexity index is 180. The Balaban J connectivity index is 1.59. The predicted octanol–water partition coefficient (Wildman–Crippen LogP) is 2.95. The molecule has 2 aliphatic carbocycles. The maximum atomic E-state index is 12.5. The van der Waals surface area contributed by atoms with Crippen molar-refractivity contribution in [1.29, 1.82) is 0 Å². The maximum Gasteiger partial charge on any atom is 0.248 e. The molecule has 2 rings (SSSR count). The summed E-state index contributed by atoms with van der Waals surface area (Å²) in [5, 5.41) is 3.43. The average Bonchev–Trinajstić information content (AvgIpc) is 2.13. The van der Waals surface area contributed by atoms with E-state index in [2.05, 4.69) is 5.32 Å². The predicted molar refractivity (Wildman–Crippen MR) is 52.5 cm³/mol. The van der Waals surface area contributed by atoms with Gasteiger partial charge in [0.2, 0.25) is 5.92 Å². The summed E-state index contributed by atoms with van der Waals surface area (Å²) in [6.45, 7) is 0.806. The zero-order chi connectivity index (χ0) is 10.0. The van der Waals surface area contributed by atoms with Crippen molar-refractivity contribution < 1.29 is 8.78 Å². The molecule has 0 radical (unpaired) electrons. The smallest absolute Gasteiger partial charge is 0.248 e. The topological polar surface area (TPSA) is 12.0 Å². The third-order valence-corrected chi connectivity index (χ3v) is 3.48. The second kappa shape index (κ2) is 4.13. The lowest BCUT2D eigenvalue weighted by Gasteiger charge is -2.36. The van der Waals surface area contributed by atoms with E-state index in [1.807, 2.05) is 0 Å². The fraction of sp³-hybridized carbons (Fsp3) is 1.00. The van der Waals surface area contributed by atoms with Crippen LogP contribution in [0.3, 0.4) is 0 Å². The van der Waals surface area contributed by atoms with Crippen LogP contribution >= 0.6 is 0 Å². The lowest BCUT2D eigenvalue weighted by molar-refractivity contribution is -0.109. The second-order valence-electron chi connectivity index (χ2n) is 4.87. The van der Waals surface area contributed by atoms with Gasteiger partial charge >= 0.3 is 0 Å². The second-order valence-corrected chi connectivity index (χ2v) is 4.87. The van der Waals surface area contributed by atoms with Crippen LogP contribution in [0.4, 0.5) is 8.78 Å². The van der Waals surface area contributed by atoms with E-state index in [0.717, 1.165) is 6.54 Å². The van der Waals surface area contributed by atoms with Gasteiger partial charge in [0.15, 0.2) is 0 Å². The summed E-state index contributed by atoms with van der Waals surface area (Å²) >= 11 is 0. The number of rotatable bonds is 3. The van der Waals surface area contributed by atoms with Crippen molar-refractivity contribution in [2.45, 2.75) is 56.9 Å². The SMILES string of the molecule is FC1(F)CC(CNC2CCCCC2)C1. The Morgan fingerprint density at radius 2 is 1.71 bits per heavy atom. The summed E-state index contributed by atoms with van der Waals surface area (Å²) in [5.74, 6) is -2.12. The molecule has 0 aromatic carbocycles. The van der Waals surface area contributed by atoms with E-state index in [0.29, 0.717) is 6.04 Å².